The van der Waals surface area contributed by atoms with Crippen molar-refractivity contribution >= 4 is 5.82 Å². The molecule has 20 heavy (non-hydrogen) atoms. The molecule has 0 spiro atoms. The summed E-state index contributed by atoms with van der Waals surface area (Å²) in [4.78, 5) is 4.84. The Balaban J connectivity index is 2.50. The van der Waals surface area contributed by atoms with Gasteiger partial charge in [-0.2, -0.15) is 0 Å². The lowest BCUT2D eigenvalue weighted by Gasteiger charge is -2.16. The fourth-order valence-electron chi connectivity index (χ4n) is 2.65. The standard InChI is InChI=1S/C17H25N3/c1-11(2)17-19-15(16(18)20(17)12(3)4)13(5)14-9-7-6-8-10-14/h6-13H,18H2,1-5H3. The van der Waals surface area contributed by atoms with E-state index < -0.39 is 0 Å². The van der Waals surface area contributed by atoms with Crippen molar-refractivity contribution in [1.82, 2.24) is 9.55 Å². The summed E-state index contributed by atoms with van der Waals surface area (Å²) in [6.45, 7) is 10.8. The molecule has 0 bridgehead atoms. The molecule has 3 heteroatoms. The minimum absolute atomic E-state index is 0.216. The average Bonchev–Trinajstić information content (AvgIpc) is 2.77. The third kappa shape index (κ3) is 2.58. The summed E-state index contributed by atoms with van der Waals surface area (Å²) in [6.07, 6.45) is 0. The molecular weight excluding hydrogens is 246 g/mol. The molecular formula is C17H25N3. The van der Waals surface area contributed by atoms with Gasteiger partial charge in [-0.25, -0.2) is 4.98 Å². The smallest absolute Gasteiger partial charge is 0.127 e. The molecule has 1 aromatic carbocycles. The predicted molar refractivity (Wildman–Crippen MR) is 85.1 cm³/mol. The topological polar surface area (TPSA) is 43.8 Å². The zero-order valence-electron chi connectivity index (χ0n) is 13.1. The zero-order valence-corrected chi connectivity index (χ0v) is 13.1. The lowest BCUT2D eigenvalue weighted by atomic mass is 9.98. The van der Waals surface area contributed by atoms with Gasteiger partial charge in [-0.05, 0) is 19.4 Å². The Labute approximate surface area is 121 Å². The number of nitrogens with zero attached hydrogens (tertiary/aromatic N) is 2. The zero-order chi connectivity index (χ0) is 14.9. The highest BCUT2D eigenvalue weighted by molar-refractivity contribution is 5.45. The first kappa shape index (κ1) is 14.6. The van der Waals surface area contributed by atoms with E-state index in [0.29, 0.717) is 12.0 Å². The molecule has 1 unspecified atom stereocenters. The van der Waals surface area contributed by atoms with E-state index in [1.165, 1.54) is 5.56 Å². The van der Waals surface area contributed by atoms with E-state index in [2.05, 4.69) is 63.5 Å². The number of nitrogens with two attached hydrogens (primary N) is 1. The minimum atomic E-state index is 0.216. The quantitative estimate of drug-likeness (QED) is 0.900. The maximum Gasteiger partial charge on any atom is 0.127 e. The van der Waals surface area contributed by atoms with Crippen molar-refractivity contribution in [1.29, 1.82) is 0 Å². The summed E-state index contributed by atoms with van der Waals surface area (Å²) in [5.74, 6) is 2.47. The fourth-order valence-corrected chi connectivity index (χ4v) is 2.65. The molecule has 108 valence electrons. The summed E-state index contributed by atoms with van der Waals surface area (Å²) in [7, 11) is 0. The number of benzene rings is 1. The lowest BCUT2D eigenvalue weighted by molar-refractivity contribution is 0.556. The van der Waals surface area contributed by atoms with Crippen LogP contribution < -0.4 is 5.73 Å². The summed E-state index contributed by atoms with van der Waals surface area (Å²) < 4.78 is 2.17. The molecule has 1 atom stereocenters. The van der Waals surface area contributed by atoms with Crippen LogP contribution in [0.15, 0.2) is 30.3 Å². The normalized spacial score (nSPS) is 13.2. The molecule has 1 heterocycles. The van der Waals surface area contributed by atoms with Gasteiger partial charge in [0, 0.05) is 17.9 Å². The van der Waals surface area contributed by atoms with Crippen LogP contribution in [0.2, 0.25) is 0 Å². The third-order valence-corrected chi connectivity index (χ3v) is 3.75. The Kier molecular flexibility index (Phi) is 4.17. The molecule has 0 fully saturated rings. The highest BCUT2D eigenvalue weighted by Gasteiger charge is 2.23. The second-order valence-corrected chi connectivity index (χ2v) is 5.99. The molecule has 0 aliphatic carbocycles. The van der Waals surface area contributed by atoms with Crippen LogP contribution in [0.25, 0.3) is 0 Å². The lowest BCUT2D eigenvalue weighted by Crippen LogP contribution is -2.11. The van der Waals surface area contributed by atoms with Crippen LogP contribution in [0.5, 0.6) is 0 Å². The van der Waals surface area contributed by atoms with Gasteiger partial charge in [0.05, 0.1) is 5.69 Å². The Morgan fingerprint density at radius 3 is 2.05 bits per heavy atom. The Bertz CT molecular complexity index is 567. The van der Waals surface area contributed by atoms with Crippen LogP contribution in [0.1, 0.15) is 69.6 Å². The summed E-state index contributed by atoms with van der Waals surface area (Å²) in [5.41, 5.74) is 8.63. The van der Waals surface area contributed by atoms with Crippen molar-refractivity contribution in [3.8, 4) is 0 Å². The van der Waals surface area contributed by atoms with Gasteiger partial charge in [0.15, 0.2) is 0 Å². The highest BCUT2D eigenvalue weighted by atomic mass is 15.2. The van der Waals surface area contributed by atoms with E-state index in [1.807, 2.05) is 6.07 Å². The fraction of sp³-hybridized carbons (Fsp3) is 0.471. The molecule has 2 N–H and O–H groups in total. The number of hydrogen-bond donors (Lipinski definition) is 1. The van der Waals surface area contributed by atoms with Crippen LogP contribution in [0.3, 0.4) is 0 Å². The van der Waals surface area contributed by atoms with E-state index in [9.17, 15) is 0 Å². The van der Waals surface area contributed by atoms with Gasteiger partial charge in [0.1, 0.15) is 11.6 Å². The van der Waals surface area contributed by atoms with Crippen LogP contribution in [0, 0.1) is 0 Å². The molecule has 1 aromatic heterocycles. The Morgan fingerprint density at radius 1 is 1.00 bits per heavy atom. The average molecular weight is 271 g/mol. The molecule has 0 radical (unpaired) electrons. The SMILES string of the molecule is CC(C)c1nc(C(C)c2ccccc2)c(N)n1C(C)C. The van der Waals surface area contributed by atoms with Gasteiger partial charge in [-0.15, -0.1) is 0 Å². The van der Waals surface area contributed by atoms with Gasteiger partial charge in [-0.3, -0.25) is 0 Å². The Morgan fingerprint density at radius 2 is 1.60 bits per heavy atom. The number of imidazole rings is 1. The van der Waals surface area contributed by atoms with Crippen LogP contribution in [-0.2, 0) is 0 Å². The molecule has 2 aromatic rings. The van der Waals surface area contributed by atoms with Crippen molar-refractivity contribution in [2.24, 2.45) is 0 Å². The molecule has 0 aliphatic rings. The van der Waals surface area contributed by atoms with Crippen molar-refractivity contribution < 1.29 is 0 Å². The Hall–Kier alpha value is -1.77. The van der Waals surface area contributed by atoms with Gasteiger partial charge in [0.2, 0.25) is 0 Å². The van der Waals surface area contributed by atoms with Crippen molar-refractivity contribution in [2.45, 2.75) is 52.5 Å². The van der Waals surface area contributed by atoms with E-state index in [1.54, 1.807) is 0 Å². The molecule has 3 nitrogen and oxygen atoms in total. The second kappa shape index (κ2) is 5.70. The number of rotatable bonds is 4. The highest BCUT2D eigenvalue weighted by Crippen LogP contribution is 2.32. The van der Waals surface area contributed by atoms with Crippen molar-refractivity contribution in [2.75, 3.05) is 5.73 Å². The van der Waals surface area contributed by atoms with Gasteiger partial charge in [0.25, 0.3) is 0 Å². The van der Waals surface area contributed by atoms with Crippen molar-refractivity contribution in [3.63, 3.8) is 0 Å². The first-order valence-electron chi connectivity index (χ1n) is 7.35. The maximum absolute atomic E-state index is 6.38. The largest absolute Gasteiger partial charge is 0.384 e. The second-order valence-electron chi connectivity index (χ2n) is 5.99. The number of nitrogen functional groups attached to an aromatic ring is 1. The van der Waals surface area contributed by atoms with Crippen LogP contribution in [0.4, 0.5) is 5.82 Å². The molecule has 0 saturated carbocycles. The van der Waals surface area contributed by atoms with E-state index >= 15 is 0 Å². The molecule has 0 saturated heterocycles. The summed E-state index contributed by atoms with van der Waals surface area (Å²) >= 11 is 0. The number of aromatic nitrogens is 2. The summed E-state index contributed by atoms with van der Waals surface area (Å²) in [5, 5.41) is 0. The number of anilines is 1. The van der Waals surface area contributed by atoms with Crippen LogP contribution >= 0.6 is 0 Å². The predicted octanol–water partition coefficient (Wildman–Crippen LogP) is 4.32. The molecule has 0 amide bonds. The van der Waals surface area contributed by atoms with Gasteiger partial charge >= 0.3 is 0 Å². The summed E-state index contributed by atoms with van der Waals surface area (Å²) in [6, 6.07) is 10.7. The van der Waals surface area contributed by atoms with Crippen LogP contribution in [-0.4, -0.2) is 9.55 Å². The van der Waals surface area contributed by atoms with E-state index in [4.69, 9.17) is 10.7 Å². The van der Waals surface area contributed by atoms with Gasteiger partial charge in [-0.1, -0.05) is 51.1 Å². The number of hydrogen-bond acceptors (Lipinski definition) is 2. The van der Waals surface area contributed by atoms with E-state index in [-0.39, 0.29) is 5.92 Å². The monoisotopic (exact) mass is 271 g/mol. The van der Waals surface area contributed by atoms with E-state index in [0.717, 1.165) is 17.3 Å². The minimum Gasteiger partial charge on any atom is -0.384 e. The molecule has 0 aliphatic heterocycles. The molecule has 2 rings (SSSR count). The third-order valence-electron chi connectivity index (χ3n) is 3.75. The van der Waals surface area contributed by atoms with Gasteiger partial charge < -0.3 is 10.3 Å². The van der Waals surface area contributed by atoms with Crippen molar-refractivity contribution in [3.05, 3.63) is 47.4 Å². The first-order chi connectivity index (χ1) is 9.43. The maximum atomic E-state index is 6.38. The first-order valence-corrected chi connectivity index (χ1v) is 7.35.